The second-order valence-corrected chi connectivity index (χ2v) is 3.31. The van der Waals surface area contributed by atoms with Gasteiger partial charge in [-0.3, -0.25) is 0 Å². The lowest BCUT2D eigenvalue weighted by atomic mass is 10.1. The van der Waals surface area contributed by atoms with Gasteiger partial charge in [0.25, 0.3) is 0 Å². The molecule has 0 spiro atoms. The minimum atomic E-state index is -1.31. The van der Waals surface area contributed by atoms with Crippen molar-refractivity contribution in [2.75, 3.05) is 6.61 Å². The number of hydrogen-bond donors (Lipinski definition) is 1. The van der Waals surface area contributed by atoms with E-state index >= 15 is 0 Å². The summed E-state index contributed by atoms with van der Waals surface area (Å²) < 4.78 is 4.62. The molecular weight excluding hydrogens is 204 g/mol. The lowest BCUT2D eigenvalue weighted by Gasteiger charge is -2.08. The Bertz CT molecular complexity index is 327. The minimum Gasteiger partial charge on any atom is -0.456 e. The van der Waals surface area contributed by atoms with Crippen molar-refractivity contribution < 1.29 is 14.6 Å². The Morgan fingerprint density at radius 1 is 1.44 bits per heavy atom. The van der Waals surface area contributed by atoms with E-state index in [0.717, 1.165) is 6.42 Å². The van der Waals surface area contributed by atoms with E-state index in [4.69, 9.17) is 0 Å². The predicted molar refractivity (Wildman–Crippen MR) is 63.6 cm³/mol. The Morgan fingerprint density at radius 3 is 2.69 bits per heavy atom. The van der Waals surface area contributed by atoms with E-state index in [1.807, 2.05) is 19.1 Å². The van der Waals surface area contributed by atoms with Crippen molar-refractivity contribution in [3.63, 3.8) is 0 Å². The van der Waals surface area contributed by atoms with E-state index in [9.17, 15) is 9.90 Å². The van der Waals surface area contributed by atoms with Gasteiger partial charge >= 0.3 is 5.97 Å². The molecular formula is C13H18O3. The molecule has 0 aliphatic rings. The van der Waals surface area contributed by atoms with Crippen LogP contribution in [-0.2, 0) is 9.53 Å². The van der Waals surface area contributed by atoms with Gasteiger partial charge in [0.1, 0.15) is 5.60 Å². The average Bonchev–Trinajstić information content (AvgIpc) is 2.22. The quantitative estimate of drug-likeness (QED) is 0.341. The third-order valence-electron chi connectivity index (χ3n) is 1.60. The first kappa shape index (κ1) is 14.5. The summed E-state index contributed by atoms with van der Waals surface area (Å²) in [5.74, 6) is 4.03. The molecule has 0 saturated carbocycles. The molecule has 0 aromatic carbocycles. The fourth-order valence-electron chi connectivity index (χ4n) is 0.844. The predicted octanol–water partition coefficient (Wildman–Crippen LogP) is 1.83. The van der Waals surface area contributed by atoms with Crippen LogP contribution < -0.4 is 0 Å². The number of allylic oxidation sites excluding steroid dienone is 3. The van der Waals surface area contributed by atoms with E-state index in [1.165, 1.54) is 13.0 Å². The second kappa shape index (κ2) is 7.72. The molecule has 16 heavy (non-hydrogen) atoms. The topological polar surface area (TPSA) is 46.5 Å². The molecule has 3 heteroatoms. The molecule has 0 saturated heterocycles. The number of esters is 1. The summed E-state index contributed by atoms with van der Waals surface area (Å²) in [4.78, 5) is 10.9. The van der Waals surface area contributed by atoms with E-state index in [2.05, 4.69) is 16.6 Å². The molecule has 0 fully saturated rings. The van der Waals surface area contributed by atoms with Gasteiger partial charge in [0.05, 0.1) is 6.61 Å². The Kier molecular flexibility index (Phi) is 6.98. The molecule has 0 aromatic heterocycles. The highest BCUT2D eigenvalue weighted by atomic mass is 16.5. The molecule has 0 rings (SSSR count). The molecule has 0 aromatic rings. The van der Waals surface area contributed by atoms with Gasteiger partial charge in [0, 0.05) is 5.92 Å². The first-order valence-corrected chi connectivity index (χ1v) is 5.28. The zero-order valence-electron chi connectivity index (χ0n) is 9.99. The van der Waals surface area contributed by atoms with Crippen LogP contribution in [0.25, 0.3) is 0 Å². The molecule has 1 atom stereocenters. The molecule has 88 valence electrons. The van der Waals surface area contributed by atoms with Gasteiger partial charge in [-0.2, -0.15) is 0 Å². The van der Waals surface area contributed by atoms with Crippen LogP contribution in [0.2, 0.25) is 0 Å². The summed E-state index contributed by atoms with van der Waals surface area (Å²) in [6.45, 7) is 5.51. The highest BCUT2D eigenvalue weighted by Crippen LogP contribution is 2.03. The van der Waals surface area contributed by atoms with Crippen molar-refractivity contribution in [3.8, 4) is 11.8 Å². The summed E-state index contributed by atoms with van der Waals surface area (Å²) in [5.41, 5.74) is -1.31. The summed E-state index contributed by atoms with van der Waals surface area (Å²) in [5, 5.41) is 9.73. The minimum absolute atomic E-state index is 0.282. The van der Waals surface area contributed by atoms with E-state index in [0.29, 0.717) is 0 Å². The highest BCUT2D eigenvalue weighted by Gasteiger charge is 2.11. The number of carbonyl (C=O) groups is 1. The Labute approximate surface area is 96.8 Å². The summed E-state index contributed by atoms with van der Waals surface area (Å²) in [7, 11) is 0. The van der Waals surface area contributed by atoms with Gasteiger partial charge in [-0.25, -0.2) is 4.79 Å². The largest absolute Gasteiger partial charge is 0.456 e. The van der Waals surface area contributed by atoms with Gasteiger partial charge < -0.3 is 9.84 Å². The summed E-state index contributed by atoms with van der Waals surface area (Å²) in [6, 6.07) is 0. The second-order valence-electron chi connectivity index (χ2n) is 3.31. The summed E-state index contributed by atoms with van der Waals surface area (Å²) >= 11 is 0. The van der Waals surface area contributed by atoms with E-state index in [1.54, 1.807) is 13.0 Å². The van der Waals surface area contributed by atoms with Gasteiger partial charge in [0.2, 0.25) is 0 Å². The standard InChI is InChI=1S/C13H18O3/c1-4-6-7-8-10-13(3,15)11-9-12(14)16-5-2/h6-8,10,15H,4-5H2,1-3H3/b7-6+,10-8+/t13-/m1/s1. The van der Waals surface area contributed by atoms with Crippen LogP contribution in [-0.4, -0.2) is 23.3 Å². The first-order chi connectivity index (χ1) is 7.52. The van der Waals surface area contributed by atoms with Crippen LogP contribution in [0.5, 0.6) is 0 Å². The lowest BCUT2D eigenvalue weighted by molar-refractivity contribution is -0.136. The van der Waals surface area contributed by atoms with Gasteiger partial charge in [-0.15, -0.1) is 0 Å². The van der Waals surface area contributed by atoms with Crippen LogP contribution in [0, 0.1) is 11.8 Å². The number of aliphatic hydroxyl groups is 1. The first-order valence-electron chi connectivity index (χ1n) is 5.28. The van der Waals surface area contributed by atoms with Crippen molar-refractivity contribution in [1.29, 1.82) is 0 Å². The van der Waals surface area contributed by atoms with Crippen molar-refractivity contribution in [3.05, 3.63) is 24.3 Å². The Morgan fingerprint density at radius 2 is 2.12 bits per heavy atom. The van der Waals surface area contributed by atoms with Crippen molar-refractivity contribution in [2.45, 2.75) is 32.8 Å². The van der Waals surface area contributed by atoms with E-state index < -0.39 is 11.6 Å². The molecule has 0 aliphatic heterocycles. The monoisotopic (exact) mass is 222 g/mol. The summed E-state index contributed by atoms with van der Waals surface area (Å²) in [6.07, 6.45) is 7.92. The SMILES string of the molecule is CC/C=C/C=C/[C@@](C)(O)C#CC(=O)OCC. The van der Waals surface area contributed by atoms with Gasteiger partial charge in [0.15, 0.2) is 0 Å². The van der Waals surface area contributed by atoms with E-state index in [-0.39, 0.29) is 6.61 Å². The molecule has 0 bridgehead atoms. The third kappa shape index (κ3) is 7.84. The molecule has 3 nitrogen and oxygen atoms in total. The number of carbonyl (C=O) groups excluding carboxylic acids is 1. The van der Waals surface area contributed by atoms with Crippen LogP contribution in [0.1, 0.15) is 27.2 Å². The smallest absolute Gasteiger partial charge is 0.384 e. The van der Waals surface area contributed by atoms with Crippen molar-refractivity contribution >= 4 is 5.97 Å². The zero-order chi connectivity index (χ0) is 12.4. The molecule has 0 heterocycles. The van der Waals surface area contributed by atoms with Crippen LogP contribution >= 0.6 is 0 Å². The molecule has 0 radical (unpaired) electrons. The highest BCUT2D eigenvalue weighted by molar-refractivity contribution is 5.88. The molecule has 0 unspecified atom stereocenters. The van der Waals surface area contributed by atoms with Crippen molar-refractivity contribution in [2.24, 2.45) is 0 Å². The van der Waals surface area contributed by atoms with Crippen LogP contribution in [0.4, 0.5) is 0 Å². The maximum atomic E-state index is 10.9. The fraction of sp³-hybridized carbons (Fsp3) is 0.462. The third-order valence-corrected chi connectivity index (χ3v) is 1.60. The Balaban J connectivity index is 4.38. The molecule has 1 N–H and O–H groups in total. The number of ether oxygens (including phenoxy) is 1. The maximum absolute atomic E-state index is 10.9. The zero-order valence-corrected chi connectivity index (χ0v) is 9.99. The fourth-order valence-corrected chi connectivity index (χ4v) is 0.844. The van der Waals surface area contributed by atoms with Gasteiger partial charge in [-0.05, 0) is 26.3 Å². The van der Waals surface area contributed by atoms with Crippen LogP contribution in [0.15, 0.2) is 24.3 Å². The van der Waals surface area contributed by atoms with Crippen LogP contribution in [0.3, 0.4) is 0 Å². The van der Waals surface area contributed by atoms with Crippen molar-refractivity contribution in [1.82, 2.24) is 0 Å². The number of hydrogen-bond acceptors (Lipinski definition) is 3. The Hall–Kier alpha value is -1.53. The molecule has 0 aliphatic carbocycles. The lowest BCUT2D eigenvalue weighted by Crippen LogP contribution is -2.18. The maximum Gasteiger partial charge on any atom is 0.384 e. The normalized spacial score (nSPS) is 14.5. The van der Waals surface area contributed by atoms with Gasteiger partial charge in [-0.1, -0.05) is 31.1 Å². The average molecular weight is 222 g/mol. The molecule has 0 amide bonds. The number of rotatable bonds is 4.